The highest BCUT2D eigenvalue weighted by molar-refractivity contribution is 6.04. The second-order valence-electron chi connectivity index (χ2n) is 6.76. The number of benzene rings is 2. The molecule has 3 heterocycles. The van der Waals surface area contributed by atoms with Gasteiger partial charge in [-0.25, -0.2) is 9.78 Å². The lowest BCUT2D eigenvalue weighted by Crippen LogP contribution is -2.26. The number of ether oxygens (including phenoxy) is 1. The molecule has 0 aliphatic rings. The van der Waals surface area contributed by atoms with Crippen LogP contribution >= 0.6 is 0 Å². The summed E-state index contributed by atoms with van der Waals surface area (Å²) in [6.45, 7) is -0.356. The maximum atomic E-state index is 13.0. The molecule has 0 spiro atoms. The van der Waals surface area contributed by atoms with Gasteiger partial charge in [-0.15, -0.1) is 5.10 Å². The van der Waals surface area contributed by atoms with E-state index in [1.807, 2.05) is 36.4 Å². The molecular formula is C23H15N5O3. The number of nitrogens with zero attached hydrogens (tertiary/aromatic N) is 5. The average molecular weight is 409 g/mol. The van der Waals surface area contributed by atoms with Crippen LogP contribution in [0.15, 0.2) is 83.8 Å². The topological polar surface area (TPSA) is 99.9 Å². The Morgan fingerprint density at radius 3 is 2.42 bits per heavy atom. The van der Waals surface area contributed by atoms with Crippen molar-refractivity contribution in [2.24, 2.45) is 0 Å². The maximum absolute atomic E-state index is 13.0. The molecule has 8 heteroatoms. The predicted molar refractivity (Wildman–Crippen MR) is 114 cm³/mol. The summed E-state index contributed by atoms with van der Waals surface area (Å²) in [6, 6.07) is 21.3. The number of aromatic nitrogens is 5. The summed E-state index contributed by atoms with van der Waals surface area (Å²) < 4.78 is 6.43. The number of hydrogen-bond donors (Lipinski definition) is 0. The van der Waals surface area contributed by atoms with Gasteiger partial charge in [0, 0.05) is 11.6 Å². The second-order valence-corrected chi connectivity index (χ2v) is 6.76. The zero-order valence-electron chi connectivity index (χ0n) is 16.2. The summed E-state index contributed by atoms with van der Waals surface area (Å²) in [5.41, 5.74) is 2.25. The smallest absolute Gasteiger partial charge is 0.340 e. The largest absolute Gasteiger partial charge is 0.439 e. The zero-order valence-corrected chi connectivity index (χ0v) is 16.2. The lowest BCUT2D eigenvalue weighted by molar-refractivity contribution is 0.0338. The first-order valence-electron chi connectivity index (χ1n) is 9.51. The zero-order chi connectivity index (χ0) is 21.2. The van der Waals surface area contributed by atoms with Crippen LogP contribution in [0.3, 0.4) is 0 Å². The van der Waals surface area contributed by atoms with E-state index in [9.17, 15) is 9.59 Å². The van der Waals surface area contributed by atoms with Gasteiger partial charge >= 0.3 is 5.97 Å². The van der Waals surface area contributed by atoms with Gasteiger partial charge in [-0.3, -0.25) is 9.78 Å². The van der Waals surface area contributed by atoms with Crippen molar-refractivity contribution in [2.45, 2.75) is 6.73 Å². The molecule has 0 bridgehead atoms. The molecule has 0 N–H and O–H groups in total. The third kappa shape index (κ3) is 3.51. The normalized spacial score (nSPS) is 11.0. The van der Waals surface area contributed by atoms with Crippen molar-refractivity contribution >= 4 is 27.8 Å². The maximum Gasteiger partial charge on any atom is 0.340 e. The van der Waals surface area contributed by atoms with E-state index in [4.69, 9.17) is 4.74 Å². The van der Waals surface area contributed by atoms with Crippen LogP contribution in [0.25, 0.3) is 33.2 Å². The van der Waals surface area contributed by atoms with Crippen molar-refractivity contribution in [3.05, 3.63) is 94.9 Å². The molecule has 8 nitrogen and oxygen atoms in total. The molecule has 0 saturated heterocycles. The number of carbonyl (C=O) groups excluding carboxylic acids is 1. The van der Waals surface area contributed by atoms with E-state index >= 15 is 0 Å². The van der Waals surface area contributed by atoms with Gasteiger partial charge in [0.2, 0.25) is 0 Å². The molecule has 31 heavy (non-hydrogen) atoms. The van der Waals surface area contributed by atoms with Gasteiger partial charge < -0.3 is 4.74 Å². The number of fused-ring (bicyclic) bond motifs is 2. The minimum absolute atomic E-state index is 0.327. The molecular weight excluding hydrogens is 394 g/mol. The number of para-hydroxylation sites is 1. The van der Waals surface area contributed by atoms with Crippen LogP contribution in [-0.4, -0.2) is 30.9 Å². The van der Waals surface area contributed by atoms with Gasteiger partial charge in [-0.1, -0.05) is 41.6 Å². The molecule has 5 rings (SSSR count). The molecule has 0 unspecified atom stereocenters. The minimum atomic E-state index is -0.599. The Hall–Kier alpha value is -4.46. The number of hydrogen-bond acceptors (Lipinski definition) is 7. The third-order valence-electron chi connectivity index (χ3n) is 4.81. The second kappa shape index (κ2) is 7.75. The lowest BCUT2D eigenvalue weighted by Gasteiger charge is -2.10. The fourth-order valence-corrected chi connectivity index (χ4v) is 3.30. The lowest BCUT2D eigenvalue weighted by atomic mass is 10.1. The van der Waals surface area contributed by atoms with Gasteiger partial charge in [0.1, 0.15) is 5.52 Å². The van der Waals surface area contributed by atoms with Crippen LogP contribution in [0.2, 0.25) is 0 Å². The summed E-state index contributed by atoms with van der Waals surface area (Å²) >= 11 is 0. The van der Waals surface area contributed by atoms with Crippen molar-refractivity contribution in [1.82, 2.24) is 25.0 Å². The molecule has 0 saturated carbocycles. The molecule has 2 aromatic carbocycles. The molecule has 5 aromatic rings. The molecule has 0 atom stereocenters. The van der Waals surface area contributed by atoms with E-state index in [0.717, 1.165) is 4.68 Å². The molecule has 0 aliphatic carbocycles. The Morgan fingerprint density at radius 1 is 0.871 bits per heavy atom. The molecule has 3 aromatic heterocycles. The SMILES string of the molecule is O=C(OCn1nnc2ccccc2c1=O)c1cc(-c2ccccn2)nc2ccccc12. The minimum Gasteiger partial charge on any atom is -0.439 e. The number of pyridine rings is 2. The molecule has 0 aliphatic heterocycles. The monoisotopic (exact) mass is 409 g/mol. The Balaban J connectivity index is 1.50. The summed E-state index contributed by atoms with van der Waals surface area (Å²) in [5, 5.41) is 8.90. The Bertz CT molecular complexity index is 1480. The fourth-order valence-electron chi connectivity index (χ4n) is 3.30. The van der Waals surface area contributed by atoms with Crippen LogP contribution in [-0.2, 0) is 11.5 Å². The Labute approximate surface area is 175 Å². The first kappa shape index (κ1) is 18.6. The van der Waals surface area contributed by atoms with Crippen LogP contribution in [0.1, 0.15) is 10.4 Å². The van der Waals surface area contributed by atoms with E-state index in [1.54, 1.807) is 42.6 Å². The summed E-state index contributed by atoms with van der Waals surface area (Å²) in [5.74, 6) is -0.599. The van der Waals surface area contributed by atoms with E-state index in [-0.39, 0.29) is 12.3 Å². The molecule has 150 valence electrons. The first-order chi connectivity index (χ1) is 15.2. The predicted octanol–water partition coefficient (Wildman–Crippen LogP) is 3.22. The third-order valence-corrected chi connectivity index (χ3v) is 4.81. The standard InChI is InChI=1S/C23H15N5O3/c29-22-16-8-2-4-10-19(16)26-27-28(22)14-31-23(30)17-13-21(20-11-5-6-12-24-20)25-18-9-3-1-7-15(17)18/h1-13H,14H2. The highest BCUT2D eigenvalue weighted by Gasteiger charge is 2.16. The Kier molecular flexibility index (Phi) is 4.64. The molecule has 0 radical (unpaired) electrons. The fraction of sp³-hybridized carbons (Fsp3) is 0.0435. The highest BCUT2D eigenvalue weighted by Crippen LogP contribution is 2.24. The van der Waals surface area contributed by atoms with Crippen molar-refractivity contribution in [2.75, 3.05) is 0 Å². The highest BCUT2D eigenvalue weighted by atomic mass is 16.5. The van der Waals surface area contributed by atoms with Gasteiger partial charge in [-0.2, -0.15) is 4.68 Å². The van der Waals surface area contributed by atoms with Crippen molar-refractivity contribution in [3.8, 4) is 11.4 Å². The quantitative estimate of drug-likeness (QED) is 0.420. The van der Waals surface area contributed by atoms with Crippen LogP contribution < -0.4 is 5.56 Å². The van der Waals surface area contributed by atoms with Crippen LogP contribution in [0, 0.1) is 0 Å². The van der Waals surface area contributed by atoms with Gasteiger partial charge in [0.15, 0.2) is 6.73 Å². The van der Waals surface area contributed by atoms with Gasteiger partial charge in [0.25, 0.3) is 5.56 Å². The number of esters is 1. The van der Waals surface area contributed by atoms with Crippen molar-refractivity contribution in [3.63, 3.8) is 0 Å². The molecule has 0 amide bonds. The van der Waals surface area contributed by atoms with E-state index in [1.165, 1.54) is 0 Å². The number of carbonyl (C=O) groups is 1. The average Bonchev–Trinajstić information content (AvgIpc) is 2.83. The summed E-state index contributed by atoms with van der Waals surface area (Å²) in [6.07, 6.45) is 1.66. The van der Waals surface area contributed by atoms with E-state index in [0.29, 0.717) is 38.8 Å². The molecule has 0 fully saturated rings. The van der Waals surface area contributed by atoms with E-state index in [2.05, 4.69) is 20.3 Å². The number of rotatable bonds is 4. The van der Waals surface area contributed by atoms with Crippen LogP contribution in [0.5, 0.6) is 0 Å². The van der Waals surface area contributed by atoms with Crippen LogP contribution in [0.4, 0.5) is 0 Å². The Morgan fingerprint density at radius 2 is 1.61 bits per heavy atom. The van der Waals surface area contributed by atoms with Crippen molar-refractivity contribution in [1.29, 1.82) is 0 Å². The van der Waals surface area contributed by atoms with Gasteiger partial charge in [-0.05, 0) is 36.4 Å². The summed E-state index contributed by atoms with van der Waals surface area (Å²) in [4.78, 5) is 34.5. The van der Waals surface area contributed by atoms with Gasteiger partial charge in [0.05, 0.1) is 27.9 Å². The first-order valence-corrected chi connectivity index (χ1v) is 9.51. The summed E-state index contributed by atoms with van der Waals surface area (Å²) in [7, 11) is 0. The van der Waals surface area contributed by atoms with Crippen molar-refractivity contribution < 1.29 is 9.53 Å². The van der Waals surface area contributed by atoms with E-state index < -0.39 is 5.97 Å².